The van der Waals surface area contributed by atoms with E-state index in [0.717, 1.165) is 12.5 Å². The lowest BCUT2D eigenvalue weighted by molar-refractivity contribution is -0.142. The van der Waals surface area contributed by atoms with Gasteiger partial charge in [-0.25, -0.2) is 0 Å². The molecule has 15 heavy (non-hydrogen) atoms. The maximum absolute atomic E-state index is 11.1. The van der Waals surface area contributed by atoms with Gasteiger partial charge in [-0.1, -0.05) is 32.1 Å². The standard InChI is InChI=1S/C12H23NO2/c1-10(12(14)15-2)13-9-8-11-6-4-3-5-7-11/h10-11,13H,3-9H2,1-2H3/t10-/m0/s1. The monoisotopic (exact) mass is 213 g/mol. The first kappa shape index (κ1) is 12.5. The summed E-state index contributed by atoms with van der Waals surface area (Å²) in [6, 6.07) is -0.168. The van der Waals surface area contributed by atoms with E-state index >= 15 is 0 Å². The Labute approximate surface area is 92.6 Å². The Morgan fingerprint density at radius 3 is 2.67 bits per heavy atom. The highest BCUT2D eigenvalue weighted by Crippen LogP contribution is 2.25. The quantitative estimate of drug-likeness (QED) is 0.711. The third-order valence-electron chi connectivity index (χ3n) is 3.28. The van der Waals surface area contributed by atoms with Gasteiger partial charge in [-0.2, -0.15) is 0 Å². The zero-order valence-corrected chi connectivity index (χ0v) is 9.92. The summed E-state index contributed by atoms with van der Waals surface area (Å²) in [5.41, 5.74) is 0. The molecule has 1 N–H and O–H groups in total. The third kappa shape index (κ3) is 4.65. The van der Waals surface area contributed by atoms with Crippen molar-refractivity contribution in [2.75, 3.05) is 13.7 Å². The van der Waals surface area contributed by atoms with E-state index in [4.69, 9.17) is 0 Å². The van der Waals surface area contributed by atoms with Crippen molar-refractivity contribution in [3.05, 3.63) is 0 Å². The first-order valence-corrected chi connectivity index (χ1v) is 6.05. The lowest BCUT2D eigenvalue weighted by atomic mass is 9.87. The van der Waals surface area contributed by atoms with Gasteiger partial charge in [0.1, 0.15) is 6.04 Å². The molecule has 0 aromatic carbocycles. The Balaban J connectivity index is 2.07. The van der Waals surface area contributed by atoms with Gasteiger partial charge in [0.25, 0.3) is 0 Å². The first-order valence-electron chi connectivity index (χ1n) is 6.05. The van der Waals surface area contributed by atoms with Crippen LogP contribution < -0.4 is 5.32 Å². The van der Waals surface area contributed by atoms with Gasteiger partial charge >= 0.3 is 5.97 Å². The lowest BCUT2D eigenvalue weighted by Crippen LogP contribution is -2.36. The van der Waals surface area contributed by atoms with Crippen molar-refractivity contribution in [2.24, 2.45) is 5.92 Å². The minimum absolute atomic E-state index is 0.168. The SMILES string of the molecule is COC(=O)[C@H](C)NCCC1CCCCC1. The molecule has 0 amide bonds. The van der Waals surface area contributed by atoms with Crippen molar-refractivity contribution < 1.29 is 9.53 Å². The molecule has 0 aromatic rings. The van der Waals surface area contributed by atoms with Crippen LogP contribution in [0.15, 0.2) is 0 Å². The predicted octanol–water partition coefficient (Wildman–Crippen LogP) is 2.11. The first-order chi connectivity index (χ1) is 7.24. The minimum Gasteiger partial charge on any atom is -0.468 e. The molecule has 0 bridgehead atoms. The Morgan fingerprint density at radius 2 is 2.07 bits per heavy atom. The Bertz CT molecular complexity index is 188. The van der Waals surface area contributed by atoms with Crippen LogP contribution in [0.2, 0.25) is 0 Å². The van der Waals surface area contributed by atoms with Crippen molar-refractivity contribution in [3.8, 4) is 0 Å². The average molecular weight is 213 g/mol. The topological polar surface area (TPSA) is 38.3 Å². The van der Waals surface area contributed by atoms with E-state index in [1.54, 1.807) is 0 Å². The molecule has 0 spiro atoms. The van der Waals surface area contributed by atoms with E-state index in [9.17, 15) is 4.79 Å². The van der Waals surface area contributed by atoms with Gasteiger partial charge in [0.2, 0.25) is 0 Å². The number of rotatable bonds is 5. The summed E-state index contributed by atoms with van der Waals surface area (Å²) in [6.07, 6.45) is 8.11. The van der Waals surface area contributed by atoms with Crippen LogP contribution in [-0.2, 0) is 9.53 Å². The van der Waals surface area contributed by atoms with E-state index in [0.29, 0.717) is 0 Å². The second-order valence-electron chi connectivity index (χ2n) is 4.49. The van der Waals surface area contributed by atoms with E-state index < -0.39 is 0 Å². The van der Waals surface area contributed by atoms with Gasteiger partial charge in [-0.3, -0.25) is 4.79 Å². The number of hydrogen-bond acceptors (Lipinski definition) is 3. The fourth-order valence-electron chi connectivity index (χ4n) is 2.24. The summed E-state index contributed by atoms with van der Waals surface area (Å²) in [5.74, 6) is 0.703. The van der Waals surface area contributed by atoms with Gasteiger partial charge in [0.05, 0.1) is 7.11 Å². The normalized spacial score (nSPS) is 19.9. The van der Waals surface area contributed by atoms with E-state index in [1.165, 1.54) is 45.6 Å². The Morgan fingerprint density at radius 1 is 1.40 bits per heavy atom. The molecule has 0 heterocycles. The smallest absolute Gasteiger partial charge is 0.322 e. The molecule has 88 valence electrons. The summed E-state index contributed by atoms with van der Waals surface area (Å²) < 4.78 is 4.65. The predicted molar refractivity (Wildman–Crippen MR) is 60.7 cm³/mol. The van der Waals surface area contributed by atoms with Gasteiger partial charge < -0.3 is 10.1 Å². The van der Waals surface area contributed by atoms with Crippen LogP contribution in [0.1, 0.15) is 45.4 Å². The molecule has 0 radical (unpaired) electrons. The maximum atomic E-state index is 11.1. The molecule has 3 heteroatoms. The molecule has 1 aliphatic carbocycles. The van der Waals surface area contributed by atoms with E-state index in [-0.39, 0.29) is 12.0 Å². The molecule has 3 nitrogen and oxygen atoms in total. The molecule has 1 rings (SSSR count). The van der Waals surface area contributed by atoms with E-state index in [1.807, 2.05) is 6.92 Å². The highest BCUT2D eigenvalue weighted by molar-refractivity contribution is 5.74. The summed E-state index contributed by atoms with van der Waals surface area (Å²) in [4.78, 5) is 11.1. The number of esters is 1. The molecule has 1 aliphatic rings. The summed E-state index contributed by atoms with van der Waals surface area (Å²) in [6.45, 7) is 2.79. The molecule has 0 aromatic heterocycles. The number of ether oxygens (including phenoxy) is 1. The lowest BCUT2D eigenvalue weighted by Gasteiger charge is -2.22. The van der Waals surface area contributed by atoms with Crippen LogP contribution in [0, 0.1) is 5.92 Å². The fourth-order valence-corrected chi connectivity index (χ4v) is 2.24. The minimum atomic E-state index is -0.168. The molecule has 1 fully saturated rings. The molecular weight excluding hydrogens is 190 g/mol. The molecule has 0 unspecified atom stereocenters. The fraction of sp³-hybridized carbons (Fsp3) is 0.917. The molecule has 1 saturated carbocycles. The highest BCUT2D eigenvalue weighted by Gasteiger charge is 2.15. The van der Waals surface area contributed by atoms with Crippen LogP contribution in [0.25, 0.3) is 0 Å². The molecule has 0 aliphatic heterocycles. The van der Waals surface area contributed by atoms with Crippen molar-refractivity contribution in [1.29, 1.82) is 0 Å². The zero-order chi connectivity index (χ0) is 11.1. The molecule has 0 saturated heterocycles. The van der Waals surface area contributed by atoms with Crippen LogP contribution in [-0.4, -0.2) is 25.7 Å². The van der Waals surface area contributed by atoms with Crippen LogP contribution in [0.5, 0.6) is 0 Å². The van der Waals surface area contributed by atoms with Gasteiger partial charge in [0.15, 0.2) is 0 Å². The zero-order valence-electron chi connectivity index (χ0n) is 9.92. The van der Waals surface area contributed by atoms with Crippen LogP contribution in [0.3, 0.4) is 0 Å². The number of nitrogens with one attached hydrogen (secondary N) is 1. The number of hydrogen-bond donors (Lipinski definition) is 1. The van der Waals surface area contributed by atoms with Crippen molar-refractivity contribution in [2.45, 2.75) is 51.5 Å². The van der Waals surface area contributed by atoms with E-state index in [2.05, 4.69) is 10.1 Å². The Kier molecular flexibility index (Phi) is 5.69. The summed E-state index contributed by atoms with van der Waals surface area (Å²) >= 11 is 0. The third-order valence-corrected chi connectivity index (χ3v) is 3.28. The van der Waals surface area contributed by atoms with Crippen molar-refractivity contribution >= 4 is 5.97 Å². The average Bonchev–Trinajstić information content (AvgIpc) is 2.29. The number of methoxy groups -OCH3 is 1. The Hall–Kier alpha value is -0.570. The molecule has 1 atom stereocenters. The summed E-state index contributed by atoms with van der Waals surface area (Å²) in [7, 11) is 1.43. The number of carbonyl (C=O) groups excluding carboxylic acids is 1. The second kappa shape index (κ2) is 6.83. The van der Waals surface area contributed by atoms with Crippen molar-refractivity contribution in [1.82, 2.24) is 5.32 Å². The van der Waals surface area contributed by atoms with Gasteiger partial charge in [-0.15, -0.1) is 0 Å². The van der Waals surface area contributed by atoms with Crippen molar-refractivity contribution in [3.63, 3.8) is 0 Å². The summed E-state index contributed by atoms with van der Waals surface area (Å²) in [5, 5.41) is 3.21. The highest BCUT2D eigenvalue weighted by atomic mass is 16.5. The van der Waals surface area contributed by atoms with Gasteiger partial charge in [0, 0.05) is 0 Å². The van der Waals surface area contributed by atoms with Crippen LogP contribution >= 0.6 is 0 Å². The second-order valence-corrected chi connectivity index (χ2v) is 4.49. The maximum Gasteiger partial charge on any atom is 0.322 e. The number of carbonyl (C=O) groups is 1. The largest absolute Gasteiger partial charge is 0.468 e. The van der Waals surface area contributed by atoms with Crippen LogP contribution in [0.4, 0.5) is 0 Å². The molecular formula is C12H23NO2. The van der Waals surface area contributed by atoms with Gasteiger partial charge in [-0.05, 0) is 25.8 Å².